The lowest BCUT2D eigenvalue weighted by Crippen LogP contribution is -2.33. The van der Waals surface area contributed by atoms with Crippen LogP contribution in [-0.2, 0) is 14.3 Å². The number of anilines is 1. The zero-order valence-electron chi connectivity index (χ0n) is 17.4. The maximum atomic E-state index is 13.0. The van der Waals surface area contributed by atoms with Gasteiger partial charge < -0.3 is 9.47 Å². The molecule has 7 heteroatoms. The summed E-state index contributed by atoms with van der Waals surface area (Å²) in [6.45, 7) is -0.420. The average Bonchev–Trinajstić information content (AvgIpc) is 3.51. The van der Waals surface area contributed by atoms with Crippen LogP contribution in [0.15, 0.2) is 60.7 Å². The molecule has 0 radical (unpaired) electrons. The Kier molecular flexibility index (Phi) is 4.89. The van der Waals surface area contributed by atoms with E-state index in [9.17, 15) is 19.2 Å². The van der Waals surface area contributed by atoms with Crippen molar-refractivity contribution in [3.8, 4) is 5.75 Å². The number of fused-ring (bicyclic) bond motifs is 5. The first-order valence-corrected chi connectivity index (χ1v) is 10.5. The van der Waals surface area contributed by atoms with E-state index in [1.807, 2.05) is 12.2 Å². The fourth-order valence-electron chi connectivity index (χ4n) is 5.00. The number of hydrogen-bond acceptors (Lipinski definition) is 6. The van der Waals surface area contributed by atoms with Crippen molar-refractivity contribution in [2.45, 2.75) is 6.42 Å². The van der Waals surface area contributed by atoms with E-state index in [2.05, 4.69) is 0 Å². The molecule has 1 heterocycles. The number of benzene rings is 2. The number of esters is 1. The third-order valence-corrected chi connectivity index (χ3v) is 6.56. The average molecular weight is 431 g/mol. The van der Waals surface area contributed by atoms with E-state index in [1.165, 1.54) is 24.1 Å². The minimum absolute atomic E-state index is 0.114. The number of allylic oxidation sites excluding steroid dienone is 2. The maximum absolute atomic E-state index is 13.0. The van der Waals surface area contributed by atoms with Crippen LogP contribution < -0.4 is 9.64 Å². The summed E-state index contributed by atoms with van der Waals surface area (Å²) in [5.41, 5.74) is 0.920. The van der Waals surface area contributed by atoms with E-state index in [-0.39, 0.29) is 46.8 Å². The lowest BCUT2D eigenvalue weighted by molar-refractivity contribution is -0.123. The number of hydrogen-bond donors (Lipinski definition) is 0. The summed E-state index contributed by atoms with van der Waals surface area (Å²) in [6, 6.07) is 12.7. The number of carbonyl (C=O) groups excluding carboxylic acids is 4. The molecule has 7 nitrogen and oxygen atoms in total. The van der Waals surface area contributed by atoms with Gasteiger partial charge in [-0.25, -0.2) is 9.69 Å². The van der Waals surface area contributed by atoms with Crippen LogP contribution in [-0.4, -0.2) is 37.3 Å². The first-order chi connectivity index (χ1) is 15.5. The number of nitrogens with zero attached hydrogens (tertiary/aromatic N) is 1. The predicted octanol–water partition coefficient (Wildman–Crippen LogP) is 3.05. The standard InChI is InChI=1S/C25H21NO6/c1-31-19-9-7-14(8-10-19)20(27)13-32-25(30)17-3-2-4-18(12-17)26-23(28)21-15-5-6-16(11-15)22(21)24(26)29/h2-10,12,15-16,21-22H,11,13H2,1H3/t15-,16+,21-,22+. The van der Waals surface area contributed by atoms with Gasteiger partial charge in [0.05, 0.1) is 30.2 Å². The first kappa shape index (κ1) is 20.2. The molecular formula is C25H21NO6. The quantitative estimate of drug-likeness (QED) is 0.302. The van der Waals surface area contributed by atoms with E-state index >= 15 is 0 Å². The Hall–Kier alpha value is -3.74. The van der Waals surface area contributed by atoms with Gasteiger partial charge >= 0.3 is 5.97 Å². The molecule has 1 aliphatic heterocycles. The molecule has 2 amide bonds. The van der Waals surface area contributed by atoms with Crippen molar-refractivity contribution < 1.29 is 28.7 Å². The molecule has 3 aliphatic rings. The molecule has 0 aromatic heterocycles. The monoisotopic (exact) mass is 431 g/mol. The van der Waals surface area contributed by atoms with Gasteiger partial charge in [-0.05, 0) is 60.7 Å². The van der Waals surface area contributed by atoms with Crippen LogP contribution in [0.2, 0.25) is 0 Å². The number of amides is 2. The number of methoxy groups -OCH3 is 1. The molecule has 2 aromatic carbocycles. The molecule has 2 aliphatic carbocycles. The summed E-state index contributed by atoms with van der Waals surface area (Å²) < 4.78 is 10.2. The molecule has 4 atom stereocenters. The van der Waals surface area contributed by atoms with Crippen molar-refractivity contribution in [3.63, 3.8) is 0 Å². The van der Waals surface area contributed by atoms with E-state index in [4.69, 9.17) is 9.47 Å². The summed E-state index contributed by atoms with van der Waals surface area (Å²) in [4.78, 5) is 52.0. The molecule has 2 bridgehead atoms. The number of Topliss-reactive ketones (excluding diaryl/α,β-unsaturated/α-hetero) is 1. The number of imide groups is 1. The Balaban J connectivity index is 1.28. The van der Waals surface area contributed by atoms with Gasteiger partial charge in [0.1, 0.15) is 5.75 Å². The van der Waals surface area contributed by atoms with E-state index in [0.29, 0.717) is 17.0 Å². The summed E-state index contributed by atoms with van der Waals surface area (Å²) in [6.07, 6.45) is 4.93. The van der Waals surface area contributed by atoms with Gasteiger partial charge in [-0.15, -0.1) is 0 Å². The second kappa shape index (κ2) is 7.75. The van der Waals surface area contributed by atoms with Gasteiger partial charge in [-0.1, -0.05) is 18.2 Å². The van der Waals surface area contributed by atoms with E-state index < -0.39 is 12.6 Å². The lowest BCUT2D eigenvalue weighted by Gasteiger charge is -2.18. The molecule has 1 saturated carbocycles. The Morgan fingerprint density at radius 1 is 0.938 bits per heavy atom. The van der Waals surface area contributed by atoms with Gasteiger partial charge in [-0.3, -0.25) is 14.4 Å². The molecule has 2 fully saturated rings. The zero-order valence-corrected chi connectivity index (χ0v) is 17.4. The fourth-order valence-corrected chi connectivity index (χ4v) is 5.00. The van der Waals surface area contributed by atoms with Crippen LogP contribution in [0.4, 0.5) is 5.69 Å². The normalized spacial score (nSPS) is 25.2. The number of rotatable bonds is 6. The van der Waals surface area contributed by atoms with Crippen molar-refractivity contribution >= 4 is 29.3 Å². The highest BCUT2D eigenvalue weighted by atomic mass is 16.5. The molecule has 0 spiro atoms. The first-order valence-electron chi connectivity index (χ1n) is 10.5. The molecule has 32 heavy (non-hydrogen) atoms. The van der Waals surface area contributed by atoms with Crippen molar-refractivity contribution in [2.24, 2.45) is 23.7 Å². The molecule has 1 saturated heterocycles. The summed E-state index contributed by atoms with van der Waals surface area (Å²) in [7, 11) is 1.53. The SMILES string of the molecule is COc1ccc(C(=O)COC(=O)c2cccc(N3C(=O)[C@@H]4[C@H](C3=O)[C@@H]3C=C[C@H]4C3)c2)cc1. The molecule has 0 N–H and O–H groups in total. The van der Waals surface area contributed by atoms with E-state index in [0.717, 1.165) is 6.42 Å². The third-order valence-electron chi connectivity index (χ3n) is 6.56. The van der Waals surface area contributed by atoms with Gasteiger partial charge in [0.25, 0.3) is 0 Å². The van der Waals surface area contributed by atoms with Crippen molar-refractivity contribution in [3.05, 3.63) is 71.8 Å². The van der Waals surface area contributed by atoms with Gasteiger partial charge in [0.15, 0.2) is 12.4 Å². The maximum Gasteiger partial charge on any atom is 0.338 e. The third kappa shape index (κ3) is 3.21. The molecular weight excluding hydrogens is 410 g/mol. The zero-order chi connectivity index (χ0) is 22.4. The van der Waals surface area contributed by atoms with Crippen LogP contribution in [0.5, 0.6) is 5.75 Å². The minimum Gasteiger partial charge on any atom is -0.497 e. The molecule has 0 unspecified atom stereocenters. The lowest BCUT2D eigenvalue weighted by atomic mass is 9.85. The van der Waals surface area contributed by atoms with Crippen LogP contribution in [0.3, 0.4) is 0 Å². The smallest absolute Gasteiger partial charge is 0.338 e. The highest BCUT2D eigenvalue weighted by molar-refractivity contribution is 6.23. The van der Waals surface area contributed by atoms with Crippen LogP contribution in [0, 0.1) is 23.7 Å². The Morgan fingerprint density at radius 2 is 1.59 bits per heavy atom. The van der Waals surface area contributed by atoms with E-state index in [1.54, 1.807) is 36.4 Å². The Morgan fingerprint density at radius 3 is 2.22 bits per heavy atom. The highest BCUT2D eigenvalue weighted by Gasteiger charge is 2.59. The molecule has 2 aromatic rings. The Bertz CT molecular complexity index is 1120. The van der Waals surface area contributed by atoms with Gasteiger partial charge in [-0.2, -0.15) is 0 Å². The number of ketones is 1. The highest BCUT2D eigenvalue weighted by Crippen LogP contribution is 2.53. The second-order valence-electron chi connectivity index (χ2n) is 8.29. The largest absolute Gasteiger partial charge is 0.497 e. The van der Waals surface area contributed by atoms with Crippen molar-refractivity contribution in [1.82, 2.24) is 0 Å². The van der Waals surface area contributed by atoms with Crippen LogP contribution in [0.25, 0.3) is 0 Å². The van der Waals surface area contributed by atoms with Gasteiger partial charge in [0, 0.05) is 5.56 Å². The van der Waals surface area contributed by atoms with Crippen LogP contribution in [0.1, 0.15) is 27.1 Å². The number of ether oxygens (including phenoxy) is 2. The fraction of sp³-hybridized carbons (Fsp3) is 0.280. The van der Waals surface area contributed by atoms with Gasteiger partial charge in [0.2, 0.25) is 11.8 Å². The second-order valence-corrected chi connectivity index (χ2v) is 8.29. The van der Waals surface area contributed by atoms with Crippen molar-refractivity contribution in [2.75, 3.05) is 18.6 Å². The topological polar surface area (TPSA) is 90.0 Å². The summed E-state index contributed by atoms with van der Waals surface area (Å²) >= 11 is 0. The molecule has 5 rings (SSSR count). The molecule has 162 valence electrons. The Labute approximate surface area is 184 Å². The minimum atomic E-state index is -0.699. The van der Waals surface area contributed by atoms with Crippen molar-refractivity contribution in [1.29, 1.82) is 0 Å². The predicted molar refractivity (Wildman–Crippen MR) is 114 cm³/mol. The number of carbonyl (C=O) groups is 4. The summed E-state index contributed by atoms with van der Waals surface area (Å²) in [5.74, 6) is -1.24. The van der Waals surface area contributed by atoms with Crippen LogP contribution >= 0.6 is 0 Å². The summed E-state index contributed by atoms with van der Waals surface area (Å²) in [5, 5.41) is 0.